The standard InChI is InChI=1S/C20H25N3O2/c1-20(2,3)21-12-15(24)13-25-16-10-8-14(9-11-16)19-22-17-6-4-5-7-18(17)23-19/h4-11,15,21,24H,12-13H2,1-3H3,(H,22,23). The summed E-state index contributed by atoms with van der Waals surface area (Å²) in [6.45, 7) is 6.96. The molecule has 0 aliphatic rings. The summed E-state index contributed by atoms with van der Waals surface area (Å²) in [6.07, 6.45) is -0.547. The van der Waals surface area contributed by atoms with Gasteiger partial charge in [-0.1, -0.05) is 12.1 Å². The summed E-state index contributed by atoms with van der Waals surface area (Å²) in [4.78, 5) is 7.90. The van der Waals surface area contributed by atoms with E-state index in [4.69, 9.17) is 4.74 Å². The van der Waals surface area contributed by atoms with Crippen LogP contribution in [0.3, 0.4) is 0 Å². The molecule has 3 aromatic rings. The summed E-state index contributed by atoms with van der Waals surface area (Å²) in [6, 6.07) is 15.7. The minimum atomic E-state index is -0.547. The first kappa shape index (κ1) is 17.5. The fourth-order valence-electron chi connectivity index (χ4n) is 2.47. The topological polar surface area (TPSA) is 70.2 Å². The van der Waals surface area contributed by atoms with Crippen LogP contribution in [0, 0.1) is 0 Å². The summed E-state index contributed by atoms with van der Waals surface area (Å²) < 4.78 is 5.66. The van der Waals surface area contributed by atoms with Crippen molar-refractivity contribution < 1.29 is 9.84 Å². The Labute approximate surface area is 148 Å². The van der Waals surface area contributed by atoms with Gasteiger partial charge in [0, 0.05) is 17.6 Å². The van der Waals surface area contributed by atoms with Crippen molar-refractivity contribution in [2.75, 3.05) is 13.2 Å². The number of para-hydroxylation sites is 2. The first-order chi connectivity index (χ1) is 11.9. The molecule has 0 saturated heterocycles. The van der Waals surface area contributed by atoms with Crippen LogP contribution < -0.4 is 10.1 Å². The van der Waals surface area contributed by atoms with Crippen molar-refractivity contribution in [2.45, 2.75) is 32.4 Å². The molecule has 0 aliphatic carbocycles. The van der Waals surface area contributed by atoms with Crippen LogP contribution in [0.4, 0.5) is 0 Å². The molecule has 1 atom stereocenters. The maximum absolute atomic E-state index is 9.98. The SMILES string of the molecule is CC(C)(C)NCC(O)COc1ccc(-c2nc3ccccc3[nH]2)cc1. The number of aromatic nitrogens is 2. The quantitative estimate of drug-likeness (QED) is 0.644. The maximum Gasteiger partial charge on any atom is 0.138 e. The van der Waals surface area contributed by atoms with Crippen molar-refractivity contribution in [1.82, 2.24) is 15.3 Å². The Morgan fingerprint density at radius 2 is 1.84 bits per heavy atom. The van der Waals surface area contributed by atoms with Gasteiger partial charge in [-0.15, -0.1) is 0 Å². The van der Waals surface area contributed by atoms with Gasteiger partial charge >= 0.3 is 0 Å². The largest absolute Gasteiger partial charge is 0.491 e. The molecule has 132 valence electrons. The lowest BCUT2D eigenvalue weighted by molar-refractivity contribution is 0.100. The van der Waals surface area contributed by atoms with Gasteiger partial charge in [-0.2, -0.15) is 0 Å². The second kappa shape index (κ2) is 7.25. The van der Waals surface area contributed by atoms with Crippen LogP contribution in [0.1, 0.15) is 20.8 Å². The highest BCUT2D eigenvalue weighted by atomic mass is 16.5. The molecule has 1 aromatic heterocycles. The van der Waals surface area contributed by atoms with Gasteiger partial charge in [0.1, 0.15) is 24.3 Å². The summed E-state index contributed by atoms with van der Waals surface area (Å²) >= 11 is 0. The first-order valence-electron chi connectivity index (χ1n) is 8.52. The number of ether oxygens (including phenoxy) is 1. The molecule has 0 aliphatic heterocycles. The molecule has 3 rings (SSSR count). The van der Waals surface area contributed by atoms with E-state index in [0.717, 1.165) is 28.2 Å². The minimum absolute atomic E-state index is 0.0186. The second-order valence-corrected chi connectivity index (χ2v) is 7.22. The zero-order chi connectivity index (χ0) is 17.9. The van der Waals surface area contributed by atoms with Crippen LogP contribution in [0.2, 0.25) is 0 Å². The van der Waals surface area contributed by atoms with Crippen molar-refractivity contribution in [2.24, 2.45) is 0 Å². The van der Waals surface area contributed by atoms with E-state index in [2.05, 4.69) is 36.1 Å². The number of fused-ring (bicyclic) bond motifs is 1. The third-order valence-electron chi connectivity index (χ3n) is 3.83. The Hall–Kier alpha value is -2.37. The number of rotatable bonds is 6. The van der Waals surface area contributed by atoms with Gasteiger partial charge < -0.3 is 20.1 Å². The third-order valence-corrected chi connectivity index (χ3v) is 3.83. The smallest absolute Gasteiger partial charge is 0.138 e. The average molecular weight is 339 g/mol. The number of hydrogen-bond donors (Lipinski definition) is 3. The molecule has 0 radical (unpaired) electrons. The fraction of sp³-hybridized carbons (Fsp3) is 0.350. The number of H-pyrrole nitrogens is 1. The van der Waals surface area contributed by atoms with Gasteiger partial charge in [-0.25, -0.2) is 4.98 Å². The van der Waals surface area contributed by atoms with E-state index >= 15 is 0 Å². The summed E-state index contributed by atoms with van der Waals surface area (Å²) in [7, 11) is 0. The number of benzene rings is 2. The Morgan fingerprint density at radius 1 is 1.12 bits per heavy atom. The van der Waals surface area contributed by atoms with Crippen molar-refractivity contribution in [3.8, 4) is 17.1 Å². The number of β-amino-alcohol motifs (C(OH)–C–C–N with tert-alkyl or cyclic N) is 1. The van der Waals surface area contributed by atoms with Crippen LogP contribution in [0.5, 0.6) is 5.75 Å². The Kier molecular flexibility index (Phi) is 5.06. The number of nitrogens with zero attached hydrogens (tertiary/aromatic N) is 1. The lowest BCUT2D eigenvalue weighted by Crippen LogP contribution is -2.42. The van der Waals surface area contributed by atoms with E-state index in [1.807, 2.05) is 48.5 Å². The van der Waals surface area contributed by atoms with Crippen molar-refractivity contribution in [1.29, 1.82) is 0 Å². The highest BCUT2D eigenvalue weighted by molar-refractivity contribution is 5.79. The predicted octanol–water partition coefficient (Wildman–Crippen LogP) is 3.36. The fourth-order valence-corrected chi connectivity index (χ4v) is 2.47. The average Bonchev–Trinajstić information content (AvgIpc) is 3.02. The Morgan fingerprint density at radius 3 is 2.52 bits per heavy atom. The lowest BCUT2D eigenvalue weighted by atomic mass is 10.1. The highest BCUT2D eigenvalue weighted by Crippen LogP contribution is 2.22. The molecule has 25 heavy (non-hydrogen) atoms. The van der Waals surface area contributed by atoms with Crippen LogP contribution in [0.15, 0.2) is 48.5 Å². The molecule has 0 amide bonds. The summed E-state index contributed by atoms with van der Waals surface area (Å²) in [5, 5.41) is 13.2. The van der Waals surface area contributed by atoms with E-state index in [1.165, 1.54) is 0 Å². The molecule has 2 aromatic carbocycles. The van der Waals surface area contributed by atoms with Gasteiger partial charge in [0.2, 0.25) is 0 Å². The van der Waals surface area contributed by atoms with Gasteiger partial charge in [-0.05, 0) is 57.2 Å². The molecule has 5 heteroatoms. The summed E-state index contributed by atoms with van der Waals surface area (Å²) in [5.41, 5.74) is 2.95. The van der Waals surface area contributed by atoms with Crippen LogP contribution >= 0.6 is 0 Å². The molecule has 5 nitrogen and oxygen atoms in total. The molecule has 0 bridgehead atoms. The number of aliphatic hydroxyl groups excluding tert-OH is 1. The number of imidazole rings is 1. The van der Waals surface area contributed by atoms with Crippen LogP contribution in [0.25, 0.3) is 22.4 Å². The van der Waals surface area contributed by atoms with Gasteiger partial charge in [-0.3, -0.25) is 0 Å². The van der Waals surface area contributed by atoms with Gasteiger partial charge in [0.25, 0.3) is 0 Å². The van der Waals surface area contributed by atoms with E-state index in [0.29, 0.717) is 6.54 Å². The maximum atomic E-state index is 9.98. The molecule has 1 heterocycles. The number of aliphatic hydroxyl groups is 1. The monoisotopic (exact) mass is 339 g/mol. The molecule has 0 spiro atoms. The lowest BCUT2D eigenvalue weighted by Gasteiger charge is -2.22. The second-order valence-electron chi connectivity index (χ2n) is 7.22. The van der Waals surface area contributed by atoms with Crippen LogP contribution in [-0.4, -0.2) is 39.9 Å². The zero-order valence-corrected chi connectivity index (χ0v) is 14.9. The highest BCUT2D eigenvalue weighted by Gasteiger charge is 2.12. The van der Waals surface area contributed by atoms with Crippen LogP contribution in [-0.2, 0) is 0 Å². The van der Waals surface area contributed by atoms with Crippen molar-refractivity contribution >= 4 is 11.0 Å². The normalized spacial score (nSPS) is 13.1. The van der Waals surface area contributed by atoms with E-state index in [-0.39, 0.29) is 12.1 Å². The molecule has 0 saturated carbocycles. The molecular weight excluding hydrogens is 314 g/mol. The number of nitrogens with one attached hydrogen (secondary N) is 2. The zero-order valence-electron chi connectivity index (χ0n) is 14.9. The number of hydrogen-bond acceptors (Lipinski definition) is 4. The van der Waals surface area contributed by atoms with Gasteiger partial charge in [0.15, 0.2) is 0 Å². The molecule has 3 N–H and O–H groups in total. The van der Waals surface area contributed by atoms with E-state index < -0.39 is 6.10 Å². The number of aromatic amines is 1. The Bertz CT molecular complexity index is 786. The van der Waals surface area contributed by atoms with Gasteiger partial charge in [0.05, 0.1) is 11.0 Å². The minimum Gasteiger partial charge on any atom is -0.491 e. The molecule has 0 fully saturated rings. The first-order valence-corrected chi connectivity index (χ1v) is 8.52. The predicted molar refractivity (Wildman–Crippen MR) is 101 cm³/mol. The molecular formula is C20H25N3O2. The summed E-state index contributed by atoms with van der Waals surface area (Å²) in [5.74, 6) is 1.57. The Balaban J connectivity index is 1.58. The third kappa shape index (κ3) is 4.81. The van der Waals surface area contributed by atoms with E-state index in [1.54, 1.807) is 0 Å². The van der Waals surface area contributed by atoms with Crippen molar-refractivity contribution in [3.63, 3.8) is 0 Å². The molecule has 1 unspecified atom stereocenters. The van der Waals surface area contributed by atoms with E-state index in [9.17, 15) is 5.11 Å². The van der Waals surface area contributed by atoms with Crippen molar-refractivity contribution in [3.05, 3.63) is 48.5 Å².